The molecule has 0 atom stereocenters. The third-order valence-electron chi connectivity index (χ3n) is 3.09. The molecule has 0 unspecified atom stereocenters. The highest BCUT2D eigenvalue weighted by molar-refractivity contribution is 6.02. The molecule has 1 N–H and O–H groups in total. The summed E-state index contributed by atoms with van der Waals surface area (Å²) in [5, 5.41) is 17.6. The topological polar surface area (TPSA) is 118 Å². The zero-order chi connectivity index (χ0) is 16.4. The molecular weight excluding hydrogens is 307 g/mol. The van der Waals surface area contributed by atoms with E-state index < -0.39 is 16.9 Å². The number of nitro benzene ring substituents is 1. The fourth-order valence-electron chi connectivity index (χ4n) is 1.98. The number of amides is 3. The van der Waals surface area contributed by atoms with Crippen molar-refractivity contribution in [1.82, 2.24) is 10.3 Å². The van der Waals surface area contributed by atoms with Crippen LogP contribution >= 0.6 is 0 Å². The Morgan fingerprint density at radius 3 is 2.57 bits per heavy atom. The maximum absolute atomic E-state index is 11.3. The fourth-order valence-corrected chi connectivity index (χ4v) is 1.98. The minimum absolute atomic E-state index is 0.00759. The van der Waals surface area contributed by atoms with E-state index in [1.807, 2.05) is 0 Å². The van der Waals surface area contributed by atoms with Crippen LogP contribution in [0.3, 0.4) is 0 Å². The van der Waals surface area contributed by atoms with Gasteiger partial charge in [0, 0.05) is 17.7 Å². The number of rotatable bonds is 4. The first-order valence-electron chi connectivity index (χ1n) is 6.53. The highest BCUT2D eigenvalue weighted by Crippen LogP contribution is 2.24. The third-order valence-corrected chi connectivity index (χ3v) is 3.09. The van der Waals surface area contributed by atoms with Gasteiger partial charge in [-0.25, -0.2) is 9.80 Å². The molecule has 1 fully saturated rings. The number of nitrogens with zero attached hydrogens (tertiary/aromatic N) is 3. The highest BCUT2D eigenvalue weighted by Gasteiger charge is 2.26. The van der Waals surface area contributed by atoms with E-state index in [4.69, 9.17) is 4.42 Å². The summed E-state index contributed by atoms with van der Waals surface area (Å²) in [5.74, 6) is 0.465. The van der Waals surface area contributed by atoms with Crippen molar-refractivity contribution in [3.63, 3.8) is 0 Å². The molecular formula is C14H10N4O5. The van der Waals surface area contributed by atoms with E-state index in [-0.39, 0.29) is 12.2 Å². The molecule has 1 aromatic heterocycles. The number of benzene rings is 1. The molecule has 0 saturated carbocycles. The van der Waals surface area contributed by atoms with Gasteiger partial charge in [0.1, 0.15) is 18.1 Å². The standard InChI is InChI=1S/C14H10N4O5/c19-13-8-17(14(20)16-13)15-7-11-5-6-12(23-11)9-1-3-10(4-2-9)18(21)22/h1-7H,8H2,(H,16,19,20)/b15-7+/i8+1,13+1,14+1. The van der Waals surface area contributed by atoms with Crippen molar-refractivity contribution < 1.29 is 18.9 Å². The van der Waals surface area contributed by atoms with Gasteiger partial charge in [0.15, 0.2) is 0 Å². The molecule has 0 spiro atoms. The minimum atomic E-state index is -0.589. The first-order chi connectivity index (χ1) is 11.0. The number of hydrazone groups is 1. The Labute approximate surface area is 129 Å². The molecule has 0 radical (unpaired) electrons. The van der Waals surface area contributed by atoms with Crippen LogP contribution in [0.15, 0.2) is 45.9 Å². The number of imide groups is 1. The number of hydrogen-bond donors (Lipinski definition) is 1. The Morgan fingerprint density at radius 2 is 1.96 bits per heavy atom. The van der Waals surface area contributed by atoms with Crippen LogP contribution in [0.25, 0.3) is 11.3 Å². The number of hydrogen-bond acceptors (Lipinski definition) is 6. The zero-order valence-corrected chi connectivity index (χ0v) is 11.6. The molecule has 0 aliphatic carbocycles. The van der Waals surface area contributed by atoms with Crippen LogP contribution in [0.1, 0.15) is 5.76 Å². The monoisotopic (exact) mass is 317 g/mol. The van der Waals surface area contributed by atoms with Crippen LogP contribution < -0.4 is 5.32 Å². The lowest BCUT2D eigenvalue weighted by molar-refractivity contribution is -0.384. The van der Waals surface area contributed by atoms with Gasteiger partial charge in [0.25, 0.3) is 5.69 Å². The van der Waals surface area contributed by atoms with E-state index in [2.05, 4.69) is 10.4 Å². The summed E-state index contributed by atoms with van der Waals surface area (Å²) in [6, 6.07) is 8.63. The molecule has 2 heterocycles. The van der Waals surface area contributed by atoms with Crippen molar-refractivity contribution in [2.45, 2.75) is 0 Å². The van der Waals surface area contributed by atoms with E-state index in [1.54, 1.807) is 24.3 Å². The summed E-state index contributed by atoms with van der Waals surface area (Å²) in [6.07, 6.45) is 1.31. The first-order valence-corrected chi connectivity index (χ1v) is 6.53. The van der Waals surface area contributed by atoms with Gasteiger partial charge in [0.2, 0.25) is 5.91 Å². The van der Waals surface area contributed by atoms with Crippen molar-refractivity contribution in [3.8, 4) is 11.3 Å². The van der Waals surface area contributed by atoms with Gasteiger partial charge in [-0.1, -0.05) is 0 Å². The average Bonchev–Trinajstić information content (AvgIpc) is 3.11. The molecule has 3 amide bonds. The van der Waals surface area contributed by atoms with Crippen molar-refractivity contribution in [3.05, 3.63) is 52.3 Å². The number of furan rings is 1. The van der Waals surface area contributed by atoms with E-state index in [0.29, 0.717) is 17.1 Å². The Kier molecular flexibility index (Phi) is 3.59. The second-order valence-corrected chi connectivity index (χ2v) is 4.66. The minimum Gasteiger partial charge on any atom is -0.455 e. The number of urea groups is 1. The SMILES string of the molecule is O=[13C]1[13CH2]N(/N=C/c2ccc(-c3ccc([N+](=O)[O-])cc3)o2)[13C](=O)N1. The third kappa shape index (κ3) is 3.07. The molecule has 9 nitrogen and oxygen atoms in total. The normalized spacial score (nSPS) is 14.5. The smallest absolute Gasteiger partial charge is 0.344 e. The first kappa shape index (κ1) is 14.4. The van der Waals surface area contributed by atoms with Crippen molar-refractivity contribution >= 4 is 23.8 Å². The van der Waals surface area contributed by atoms with Gasteiger partial charge in [-0.2, -0.15) is 5.10 Å². The number of non-ortho nitro benzene ring substituents is 1. The maximum atomic E-state index is 11.3. The number of carbonyl (C=O) groups is 2. The predicted octanol–water partition coefficient (Wildman–Crippen LogP) is 1.74. The molecule has 116 valence electrons. The van der Waals surface area contributed by atoms with Crippen LogP contribution in [0.5, 0.6) is 0 Å². The Morgan fingerprint density at radius 1 is 1.22 bits per heavy atom. The van der Waals surface area contributed by atoms with Crippen molar-refractivity contribution in [2.75, 3.05) is 6.54 Å². The molecule has 3 rings (SSSR count). The molecule has 1 saturated heterocycles. The van der Waals surface area contributed by atoms with Gasteiger partial charge in [0.05, 0.1) is 11.1 Å². The Balaban J connectivity index is 1.74. The summed E-state index contributed by atoms with van der Waals surface area (Å²) >= 11 is 0. The lowest BCUT2D eigenvalue weighted by atomic mass is 10.1. The van der Waals surface area contributed by atoms with Gasteiger partial charge in [-0.3, -0.25) is 20.2 Å². The second kappa shape index (κ2) is 5.72. The largest absolute Gasteiger partial charge is 0.455 e. The summed E-state index contributed by atoms with van der Waals surface area (Å²) in [7, 11) is 0. The van der Waals surface area contributed by atoms with Crippen LogP contribution in [-0.2, 0) is 4.79 Å². The Hall–Kier alpha value is -3.49. The lowest BCUT2D eigenvalue weighted by Crippen LogP contribution is -2.24. The highest BCUT2D eigenvalue weighted by atomic mass is 16.6. The van der Waals surface area contributed by atoms with Gasteiger partial charge >= 0.3 is 6.03 Å². The summed E-state index contributed by atoms with van der Waals surface area (Å²) in [4.78, 5) is 32.5. The van der Waals surface area contributed by atoms with Gasteiger partial charge in [-0.15, -0.1) is 0 Å². The number of nitrogens with one attached hydrogen (secondary N) is 1. The van der Waals surface area contributed by atoms with E-state index in [0.717, 1.165) is 5.01 Å². The Bertz CT molecular complexity index is 809. The van der Waals surface area contributed by atoms with E-state index in [9.17, 15) is 19.7 Å². The van der Waals surface area contributed by atoms with E-state index >= 15 is 0 Å². The van der Waals surface area contributed by atoms with Crippen molar-refractivity contribution in [1.29, 1.82) is 0 Å². The number of nitro groups is 1. The van der Waals surface area contributed by atoms with Crippen molar-refractivity contribution in [2.24, 2.45) is 5.10 Å². The quantitative estimate of drug-likeness (QED) is 0.303. The fraction of sp³-hybridized carbons (Fsp3) is 0.0714. The predicted molar refractivity (Wildman–Crippen MR) is 78.6 cm³/mol. The van der Waals surface area contributed by atoms with Crippen LogP contribution in [0, 0.1) is 10.1 Å². The molecule has 0 bridgehead atoms. The molecule has 23 heavy (non-hydrogen) atoms. The van der Waals surface area contributed by atoms with Gasteiger partial charge < -0.3 is 4.42 Å². The van der Waals surface area contributed by atoms with Gasteiger partial charge in [-0.05, 0) is 24.3 Å². The number of carbonyl (C=O) groups excluding carboxylic acids is 2. The lowest BCUT2D eigenvalue weighted by Gasteiger charge is -2.02. The summed E-state index contributed by atoms with van der Waals surface area (Å²) < 4.78 is 5.53. The molecule has 1 aliphatic rings. The molecule has 1 aliphatic heterocycles. The van der Waals surface area contributed by atoms with Crippen LogP contribution in [0.4, 0.5) is 10.5 Å². The molecule has 2 aromatic rings. The van der Waals surface area contributed by atoms with Crippen LogP contribution in [-0.4, -0.2) is 34.6 Å². The summed E-state index contributed by atoms with van der Waals surface area (Å²) in [5.41, 5.74) is 0.663. The zero-order valence-electron chi connectivity index (χ0n) is 11.6. The second-order valence-electron chi connectivity index (χ2n) is 4.66. The average molecular weight is 317 g/mol. The van der Waals surface area contributed by atoms with Crippen LogP contribution in [0.2, 0.25) is 0 Å². The molecule has 9 heteroatoms. The molecule has 1 aromatic carbocycles. The summed E-state index contributed by atoms with van der Waals surface area (Å²) in [6.45, 7) is -0.134. The maximum Gasteiger partial charge on any atom is 0.344 e. The van der Waals surface area contributed by atoms with E-state index in [1.165, 1.54) is 18.3 Å².